The summed E-state index contributed by atoms with van der Waals surface area (Å²) in [7, 11) is 0. The van der Waals surface area contributed by atoms with Gasteiger partial charge in [0.05, 0.1) is 4.47 Å². The standard InChI is InChI=1S/C13H14BrN3O/c1-2-15-13-11(14)8-16-12(17-13)9-18-10-6-4-3-5-7-10/h3-8H,2,9H2,1H3,(H,15,16,17). The number of hydrogen-bond acceptors (Lipinski definition) is 4. The summed E-state index contributed by atoms with van der Waals surface area (Å²) >= 11 is 3.40. The Morgan fingerprint density at radius 2 is 2.06 bits per heavy atom. The average Bonchev–Trinajstić information content (AvgIpc) is 2.41. The van der Waals surface area contributed by atoms with Crippen LogP contribution in [0.15, 0.2) is 41.0 Å². The third-order valence-electron chi connectivity index (χ3n) is 2.25. The van der Waals surface area contributed by atoms with Crippen molar-refractivity contribution in [2.75, 3.05) is 11.9 Å². The van der Waals surface area contributed by atoms with Crippen LogP contribution in [0, 0.1) is 0 Å². The van der Waals surface area contributed by atoms with Crippen LogP contribution in [0.1, 0.15) is 12.7 Å². The van der Waals surface area contributed by atoms with Crippen molar-refractivity contribution < 1.29 is 4.74 Å². The number of rotatable bonds is 5. The Balaban J connectivity index is 2.03. The first-order chi connectivity index (χ1) is 8.79. The summed E-state index contributed by atoms with van der Waals surface area (Å²) in [5.41, 5.74) is 0. The minimum absolute atomic E-state index is 0.357. The zero-order chi connectivity index (χ0) is 12.8. The lowest BCUT2D eigenvalue weighted by atomic mass is 10.3. The lowest BCUT2D eigenvalue weighted by Crippen LogP contribution is -2.06. The number of benzene rings is 1. The van der Waals surface area contributed by atoms with Crippen LogP contribution in [-0.2, 0) is 6.61 Å². The Bertz CT molecular complexity index is 505. The molecular formula is C13H14BrN3O. The summed E-state index contributed by atoms with van der Waals surface area (Å²) in [5.74, 6) is 2.26. The molecule has 0 aliphatic heterocycles. The maximum Gasteiger partial charge on any atom is 0.168 e. The van der Waals surface area contributed by atoms with E-state index in [0.29, 0.717) is 12.4 Å². The fourth-order valence-electron chi connectivity index (χ4n) is 1.43. The number of aromatic nitrogens is 2. The van der Waals surface area contributed by atoms with Crippen molar-refractivity contribution >= 4 is 21.7 Å². The van der Waals surface area contributed by atoms with E-state index in [4.69, 9.17) is 4.74 Å². The van der Waals surface area contributed by atoms with Crippen LogP contribution in [0.25, 0.3) is 0 Å². The number of nitrogens with zero attached hydrogens (tertiary/aromatic N) is 2. The molecular weight excluding hydrogens is 294 g/mol. The third kappa shape index (κ3) is 3.43. The molecule has 0 aliphatic rings. The number of hydrogen-bond donors (Lipinski definition) is 1. The van der Waals surface area contributed by atoms with Gasteiger partial charge in [-0.1, -0.05) is 18.2 Å². The minimum atomic E-state index is 0.357. The van der Waals surface area contributed by atoms with Gasteiger partial charge in [0.2, 0.25) is 0 Å². The first-order valence-corrected chi connectivity index (χ1v) is 6.52. The van der Waals surface area contributed by atoms with Gasteiger partial charge in [0.25, 0.3) is 0 Å². The van der Waals surface area contributed by atoms with Gasteiger partial charge in [-0.3, -0.25) is 0 Å². The molecule has 5 heteroatoms. The number of anilines is 1. The topological polar surface area (TPSA) is 47.0 Å². The first kappa shape index (κ1) is 12.8. The summed E-state index contributed by atoms with van der Waals surface area (Å²) in [5, 5.41) is 3.16. The molecule has 1 N–H and O–H groups in total. The minimum Gasteiger partial charge on any atom is -0.486 e. The second kappa shape index (κ2) is 6.35. The number of halogens is 1. The van der Waals surface area contributed by atoms with E-state index in [0.717, 1.165) is 22.6 Å². The van der Waals surface area contributed by atoms with Crippen LogP contribution in [-0.4, -0.2) is 16.5 Å². The van der Waals surface area contributed by atoms with E-state index in [-0.39, 0.29) is 0 Å². The predicted octanol–water partition coefficient (Wildman–Crippen LogP) is 3.25. The molecule has 0 saturated carbocycles. The highest BCUT2D eigenvalue weighted by Crippen LogP contribution is 2.19. The SMILES string of the molecule is CCNc1nc(COc2ccccc2)ncc1Br. The van der Waals surface area contributed by atoms with Gasteiger partial charge in [0.15, 0.2) is 5.82 Å². The van der Waals surface area contributed by atoms with Gasteiger partial charge < -0.3 is 10.1 Å². The maximum absolute atomic E-state index is 5.60. The molecule has 4 nitrogen and oxygen atoms in total. The van der Waals surface area contributed by atoms with Crippen LogP contribution in [0.3, 0.4) is 0 Å². The summed E-state index contributed by atoms with van der Waals surface area (Å²) in [6, 6.07) is 9.63. The summed E-state index contributed by atoms with van der Waals surface area (Å²) in [6.07, 6.45) is 1.73. The highest BCUT2D eigenvalue weighted by Gasteiger charge is 2.04. The molecule has 18 heavy (non-hydrogen) atoms. The molecule has 0 bridgehead atoms. The third-order valence-corrected chi connectivity index (χ3v) is 2.83. The second-order valence-electron chi connectivity index (χ2n) is 3.61. The van der Waals surface area contributed by atoms with E-state index in [9.17, 15) is 0 Å². The highest BCUT2D eigenvalue weighted by atomic mass is 79.9. The van der Waals surface area contributed by atoms with Crippen molar-refractivity contribution in [3.05, 3.63) is 46.8 Å². The fourth-order valence-corrected chi connectivity index (χ4v) is 1.76. The predicted molar refractivity (Wildman–Crippen MR) is 74.7 cm³/mol. The van der Waals surface area contributed by atoms with E-state index >= 15 is 0 Å². The average molecular weight is 308 g/mol. The molecule has 1 aromatic heterocycles. The fraction of sp³-hybridized carbons (Fsp3) is 0.231. The zero-order valence-corrected chi connectivity index (χ0v) is 11.6. The van der Waals surface area contributed by atoms with E-state index in [2.05, 4.69) is 31.2 Å². The van der Waals surface area contributed by atoms with Crippen LogP contribution < -0.4 is 10.1 Å². The van der Waals surface area contributed by atoms with E-state index in [1.54, 1.807) is 6.20 Å². The number of ether oxygens (including phenoxy) is 1. The monoisotopic (exact) mass is 307 g/mol. The van der Waals surface area contributed by atoms with Crippen LogP contribution in [0.5, 0.6) is 5.75 Å². The smallest absolute Gasteiger partial charge is 0.168 e. The van der Waals surface area contributed by atoms with Gasteiger partial charge in [-0.25, -0.2) is 9.97 Å². The van der Waals surface area contributed by atoms with E-state index < -0.39 is 0 Å². The lowest BCUT2D eigenvalue weighted by molar-refractivity contribution is 0.296. The van der Waals surface area contributed by atoms with Crippen LogP contribution in [0.2, 0.25) is 0 Å². The van der Waals surface area contributed by atoms with Gasteiger partial charge in [0, 0.05) is 12.7 Å². The van der Waals surface area contributed by atoms with Crippen molar-refractivity contribution in [2.24, 2.45) is 0 Å². The molecule has 0 aliphatic carbocycles. The summed E-state index contributed by atoms with van der Waals surface area (Å²) < 4.78 is 6.45. The van der Waals surface area contributed by atoms with Crippen molar-refractivity contribution in [2.45, 2.75) is 13.5 Å². The molecule has 0 spiro atoms. The largest absolute Gasteiger partial charge is 0.486 e. The van der Waals surface area contributed by atoms with Gasteiger partial charge in [-0.2, -0.15) is 0 Å². The van der Waals surface area contributed by atoms with Crippen molar-refractivity contribution in [3.8, 4) is 5.75 Å². The molecule has 94 valence electrons. The molecule has 2 rings (SSSR count). The molecule has 0 fully saturated rings. The van der Waals surface area contributed by atoms with Crippen molar-refractivity contribution in [1.82, 2.24) is 9.97 Å². The van der Waals surface area contributed by atoms with Crippen LogP contribution >= 0.6 is 15.9 Å². The Morgan fingerprint density at radius 3 is 2.78 bits per heavy atom. The zero-order valence-electron chi connectivity index (χ0n) is 10.1. The number of para-hydroxylation sites is 1. The Kier molecular flexibility index (Phi) is 4.52. The Hall–Kier alpha value is -1.62. The molecule has 0 saturated heterocycles. The van der Waals surface area contributed by atoms with Crippen LogP contribution in [0.4, 0.5) is 5.82 Å². The summed E-state index contributed by atoms with van der Waals surface area (Å²) in [4.78, 5) is 8.60. The first-order valence-electron chi connectivity index (χ1n) is 5.72. The molecule has 0 unspecified atom stereocenters. The van der Waals surface area contributed by atoms with E-state index in [1.165, 1.54) is 0 Å². The molecule has 1 aromatic carbocycles. The molecule has 0 atom stereocenters. The van der Waals surface area contributed by atoms with Gasteiger partial charge in [-0.05, 0) is 35.0 Å². The van der Waals surface area contributed by atoms with Gasteiger partial charge >= 0.3 is 0 Å². The lowest BCUT2D eigenvalue weighted by Gasteiger charge is -2.08. The Morgan fingerprint density at radius 1 is 1.28 bits per heavy atom. The molecule has 0 radical (unpaired) electrons. The maximum atomic E-state index is 5.60. The van der Waals surface area contributed by atoms with Gasteiger partial charge in [-0.15, -0.1) is 0 Å². The Labute approximate surface area is 115 Å². The molecule has 2 aromatic rings. The summed E-state index contributed by atoms with van der Waals surface area (Å²) in [6.45, 7) is 3.19. The number of nitrogens with one attached hydrogen (secondary N) is 1. The molecule has 1 heterocycles. The second-order valence-corrected chi connectivity index (χ2v) is 4.47. The quantitative estimate of drug-likeness (QED) is 0.921. The van der Waals surface area contributed by atoms with Crippen molar-refractivity contribution in [3.63, 3.8) is 0 Å². The highest BCUT2D eigenvalue weighted by molar-refractivity contribution is 9.10. The van der Waals surface area contributed by atoms with Gasteiger partial charge in [0.1, 0.15) is 18.2 Å². The normalized spacial score (nSPS) is 10.1. The van der Waals surface area contributed by atoms with E-state index in [1.807, 2.05) is 37.3 Å². The van der Waals surface area contributed by atoms with Crippen molar-refractivity contribution in [1.29, 1.82) is 0 Å². The molecule has 0 amide bonds.